The first-order valence-electron chi connectivity index (χ1n) is 8.19. The van der Waals surface area contributed by atoms with Gasteiger partial charge in [0.05, 0.1) is 12.7 Å². The van der Waals surface area contributed by atoms with Crippen LogP contribution in [-0.2, 0) is 28.9 Å². The topological polar surface area (TPSA) is 55.4 Å². The summed E-state index contributed by atoms with van der Waals surface area (Å²) < 4.78 is 4.67. The van der Waals surface area contributed by atoms with Gasteiger partial charge in [-0.15, -0.1) is 0 Å². The smallest absolute Gasteiger partial charge is 0.337 e. The molecule has 0 fully saturated rings. The third kappa shape index (κ3) is 3.65. The number of ether oxygens (including phenoxy) is 1. The van der Waals surface area contributed by atoms with Crippen LogP contribution in [0, 0.1) is 5.92 Å². The van der Waals surface area contributed by atoms with Crippen LogP contribution in [-0.4, -0.2) is 19.0 Å². The molecule has 0 heterocycles. The fourth-order valence-electron chi connectivity index (χ4n) is 3.13. The van der Waals surface area contributed by atoms with Gasteiger partial charge in [0.15, 0.2) is 0 Å². The number of benzene rings is 2. The molecule has 1 atom stereocenters. The van der Waals surface area contributed by atoms with Crippen LogP contribution in [0.25, 0.3) is 0 Å². The molecule has 0 spiro atoms. The van der Waals surface area contributed by atoms with E-state index >= 15 is 0 Å². The molecule has 4 nitrogen and oxygen atoms in total. The normalized spacial score (nSPS) is 16.1. The van der Waals surface area contributed by atoms with Crippen molar-refractivity contribution in [3.8, 4) is 0 Å². The minimum absolute atomic E-state index is 0.0363. The lowest BCUT2D eigenvalue weighted by Crippen LogP contribution is -2.33. The van der Waals surface area contributed by atoms with Gasteiger partial charge >= 0.3 is 5.97 Å². The van der Waals surface area contributed by atoms with Gasteiger partial charge in [-0.05, 0) is 48.1 Å². The van der Waals surface area contributed by atoms with E-state index in [1.807, 2.05) is 18.2 Å². The van der Waals surface area contributed by atoms with Crippen molar-refractivity contribution in [1.29, 1.82) is 0 Å². The van der Waals surface area contributed by atoms with Crippen LogP contribution in [0.4, 0.5) is 0 Å². The highest BCUT2D eigenvalue weighted by molar-refractivity contribution is 5.89. The Bertz CT molecular complexity index is 737. The lowest BCUT2D eigenvalue weighted by atomic mass is 9.83. The third-order valence-corrected chi connectivity index (χ3v) is 4.56. The molecule has 4 heteroatoms. The largest absolute Gasteiger partial charge is 0.465 e. The monoisotopic (exact) mass is 323 g/mol. The van der Waals surface area contributed by atoms with Gasteiger partial charge in [-0.1, -0.05) is 36.4 Å². The lowest BCUT2D eigenvalue weighted by molar-refractivity contribution is -0.125. The molecule has 2 aromatic rings. The van der Waals surface area contributed by atoms with Crippen molar-refractivity contribution in [2.45, 2.75) is 25.8 Å². The van der Waals surface area contributed by atoms with Crippen LogP contribution in [0.2, 0.25) is 0 Å². The Morgan fingerprint density at radius 2 is 1.79 bits per heavy atom. The average molecular weight is 323 g/mol. The minimum Gasteiger partial charge on any atom is -0.465 e. The maximum absolute atomic E-state index is 12.4. The number of aryl methyl sites for hydroxylation is 1. The number of esters is 1. The van der Waals surface area contributed by atoms with Crippen LogP contribution in [0.3, 0.4) is 0 Å². The summed E-state index contributed by atoms with van der Waals surface area (Å²) in [6, 6.07) is 15.4. The second-order valence-electron chi connectivity index (χ2n) is 6.11. The van der Waals surface area contributed by atoms with Crippen LogP contribution in [0.15, 0.2) is 48.5 Å². The summed E-state index contributed by atoms with van der Waals surface area (Å²) in [7, 11) is 1.36. The summed E-state index contributed by atoms with van der Waals surface area (Å²) >= 11 is 0. The first-order chi connectivity index (χ1) is 11.7. The van der Waals surface area contributed by atoms with Crippen LogP contribution in [0.1, 0.15) is 33.5 Å². The molecule has 24 heavy (non-hydrogen) atoms. The molecule has 1 amide bonds. The number of hydrogen-bond acceptors (Lipinski definition) is 3. The molecule has 124 valence electrons. The maximum atomic E-state index is 12.4. The molecule has 1 aliphatic carbocycles. The average Bonchev–Trinajstić information content (AvgIpc) is 2.65. The summed E-state index contributed by atoms with van der Waals surface area (Å²) in [5.74, 6) is -0.220. The van der Waals surface area contributed by atoms with E-state index in [1.54, 1.807) is 12.1 Å². The molecule has 0 saturated carbocycles. The second-order valence-corrected chi connectivity index (χ2v) is 6.11. The van der Waals surface area contributed by atoms with Gasteiger partial charge in [-0.3, -0.25) is 4.79 Å². The highest BCUT2D eigenvalue weighted by Gasteiger charge is 2.24. The predicted octanol–water partition coefficient (Wildman–Crippen LogP) is 2.89. The van der Waals surface area contributed by atoms with E-state index in [4.69, 9.17) is 0 Å². The number of carbonyl (C=O) groups is 2. The fourth-order valence-corrected chi connectivity index (χ4v) is 3.13. The van der Waals surface area contributed by atoms with Gasteiger partial charge < -0.3 is 10.1 Å². The molecule has 1 unspecified atom stereocenters. The Kier molecular flexibility index (Phi) is 4.94. The van der Waals surface area contributed by atoms with E-state index in [2.05, 4.69) is 28.3 Å². The highest BCUT2D eigenvalue weighted by Crippen LogP contribution is 2.25. The van der Waals surface area contributed by atoms with Crippen LogP contribution in [0.5, 0.6) is 0 Å². The van der Waals surface area contributed by atoms with Gasteiger partial charge in [0.1, 0.15) is 0 Å². The van der Waals surface area contributed by atoms with Gasteiger partial charge in [-0.2, -0.15) is 0 Å². The van der Waals surface area contributed by atoms with E-state index in [1.165, 1.54) is 18.2 Å². The van der Waals surface area contributed by atoms with Crippen molar-refractivity contribution in [2.75, 3.05) is 7.11 Å². The quantitative estimate of drug-likeness (QED) is 0.880. The van der Waals surface area contributed by atoms with E-state index < -0.39 is 0 Å². The number of carbonyl (C=O) groups excluding carboxylic acids is 2. The second kappa shape index (κ2) is 7.30. The van der Waals surface area contributed by atoms with Gasteiger partial charge in [0.25, 0.3) is 0 Å². The minimum atomic E-state index is -0.355. The first kappa shape index (κ1) is 16.2. The van der Waals surface area contributed by atoms with Gasteiger partial charge in [0, 0.05) is 12.5 Å². The molecular formula is C20H21NO3. The fraction of sp³-hybridized carbons (Fsp3) is 0.300. The number of amides is 1. The Hall–Kier alpha value is -2.62. The summed E-state index contributed by atoms with van der Waals surface area (Å²) in [5, 5.41) is 3.01. The van der Waals surface area contributed by atoms with E-state index in [9.17, 15) is 9.59 Å². The number of rotatable bonds is 4. The van der Waals surface area contributed by atoms with Crippen molar-refractivity contribution in [1.82, 2.24) is 5.32 Å². The number of hydrogen-bond donors (Lipinski definition) is 1. The Morgan fingerprint density at radius 3 is 2.50 bits per heavy atom. The van der Waals surface area contributed by atoms with Crippen LogP contribution >= 0.6 is 0 Å². The molecule has 0 bridgehead atoms. The van der Waals surface area contributed by atoms with Gasteiger partial charge in [0.2, 0.25) is 5.91 Å². The van der Waals surface area contributed by atoms with Crippen molar-refractivity contribution in [3.63, 3.8) is 0 Å². The van der Waals surface area contributed by atoms with Crippen molar-refractivity contribution >= 4 is 11.9 Å². The molecule has 1 N–H and O–H groups in total. The van der Waals surface area contributed by atoms with Crippen molar-refractivity contribution in [3.05, 3.63) is 70.8 Å². The van der Waals surface area contributed by atoms with E-state index in [0.29, 0.717) is 12.1 Å². The molecule has 0 aromatic heterocycles. The van der Waals surface area contributed by atoms with Crippen molar-refractivity contribution in [2.24, 2.45) is 5.92 Å². The standard InChI is InChI=1S/C20H21NO3/c1-24-20(23)16-8-6-14(7-9-16)13-21-19(22)18-11-10-15-4-2-3-5-17(15)12-18/h2-9,18H,10-13H2,1H3,(H,21,22). The molecule has 0 aliphatic heterocycles. The number of methoxy groups -OCH3 is 1. The summed E-state index contributed by atoms with van der Waals surface area (Å²) in [4.78, 5) is 23.8. The molecule has 2 aromatic carbocycles. The zero-order valence-corrected chi connectivity index (χ0v) is 13.7. The molecule has 0 radical (unpaired) electrons. The molecule has 0 saturated heterocycles. The zero-order valence-electron chi connectivity index (χ0n) is 13.7. The Balaban J connectivity index is 1.55. The SMILES string of the molecule is COC(=O)c1ccc(CNC(=O)C2CCc3ccccc3C2)cc1. The first-order valence-corrected chi connectivity index (χ1v) is 8.19. The van der Waals surface area contributed by atoms with Crippen molar-refractivity contribution < 1.29 is 14.3 Å². The van der Waals surface area contributed by atoms with E-state index in [-0.39, 0.29) is 17.8 Å². The predicted molar refractivity (Wildman–Crippen MR) is 91.6 cm³/mol. The third-order valence-electron chi connectivity index (χ3n) is 4.56. The maximum Gasteiger partial charge on any atom is 0.337 e. The molecule has 1 aliphatic rings. The number of fused-ring (bicyclic) bond motifs is 1. The summed E-state index contributed by atoms with van der Waals surface area (Å²) in [5.41, 5.74) is 4.12. The summed E-state index contributed by atoms with van der Waals surface area (Å²) in [6.45, 7) is 0.471. The molecule has 3 rings (SSSR count). The summed E-state index contributed by atoms with van der Waals surface area (Å²) in [6.07, 6.45) is 2.66. The zero-order chi connectivity index (χ0) is 16.9. The van der Waals surface area contributed by atoms with Crippen LogP contribution < -0.4 is 5.32 Å². The molecular weight excluding hydrogens is 302 g/mol. The van der Waals surface area contributed by atoms with E-state index in [0.717, 1.165) is 24.8 Å². The number of nitrogens with one attached hydrogen (secondary N) is 1. The Labute approximate surface area is 141 Å². The van der Waals surface area contributed by atoms with Gasteiger partial charge in [-0.25, -0.2) is 4.79 Å². The lowest BCUT2D eigenvalue weighted by Gasteiger charge is -2.23. The Morgan fingerprint density at radius 1 is 1.08 bits per heavy atom. The highest BCUT2D eigenvalue weighted by atomic mass is 16.5.